The van der Waals surface area contributed by atoms with Crippen molar-refractivity contribution in [3.8, 4) is 10.6 Å². The van der Waals surface area contributed by atoms with Gasteiger partial charge in [0.2, 0.25) is 5.13 Å². The molecule has 3 aromatic rings. The van der Waals surface area contributed by atoms with E-state index < -0.39 is 0 Å². The Balaban J connectivity index is 1.66. The van der Waals surface area contributed by atoms with Crippen molar-refractivity contribution in [3.63, 3.8) is 0 Å². The average Bonchev–Trinajstić information content (AvgIpc) is 3.04. The molecule has 0 bridgehead atoms. The lowest BCUT2D eigenvalue weighted by Crippen LogP contribution is -2.19. The number of hydrogen-bond donors (Lipinski definition) is 2. The first-order valence-corrected chi connectivity index (χ1v) is 9.22. The zero-order valence-electron chi connectivity index (χ0n) is 15.3. The molecule has 6 heteroatoms. The van der Waals surface area contributed by atoms with Gasteiger partial charge >= 0.3 is 6.03 Å². The summed E-state index contributed by atoms with van der Waals surface area (Å²) < 4.78 is 0. The van der Waals surface area contributed by atoms with Gasteiger partial charge < -0.3 is 5.32 Å². The van der Waals surface area contributed by atoms with E-state index >= 15 is 0 Å². The zero-order valence-corrected chi connectivity index (χ0v) is 16.1. The molecule has 0 atom stereocenters. The van der Waals surface area contributed by atoms with Gasteiger partial charge in [-0.25, -0.2) is 4.79 Å². The normalized spacial score (nSPS) is 11.2. The summed E-state index contributed by atoms with van der Waals surface area (Å²) >= 11 is 1.35. The second-order valence-corrected chi connectivity index (χ2v) is 8.16. The van der Waals surface area contributed by atoms with Crippen LogP contribution in [-0.2, 0) is 5.41 Å². The Bertz CT molecular complexity index is 893. The summed E-state index contributed by atoms with van der Waals surface area (Å²) in [6.45, 7) is 8.55. The Hall–Kier alpha value is -2.73. The summed E-state index contributed by atoms with van der Waals surface area (Å²) in [7, 11) is 0. The number of aryl methyl sites for hydroxylation is 1. The lowest BCUT2D eigenvalue weighted by molar-refractivity contribution is 0.262. The molecule has 0 radical (unpaired) electrons. The van der Waals surface area contributed by atoms with Gasteiger partial charge in [0.15, 0.2) is 0 Å². The minimum atomic E-state index is -0.334. The van der Waals surface area contributed by atoms with Crippen LogP contribution in [0.1, 0.15) is 31.9 Å². The van der Waals surface area contributed by atoms with Gasteiger partial charge in [-0.1, -0.05) is 74.1 Å². The van der Waals surface area contributed by atoms with Crippen molar-refractivity contribution >= 4 is 28.2 Å². The quantitative estimate of drug-likeness (QED) is 0.647. The van der Waals surface area contributed by atoms with Crippen LogP contribution in [0.5, 0.6) is 0 Å². The van der Waals surface area contributed by atoms with Crippen molar-refractivity contribution < 1.29 is 4.79 Å². The number of nitrogens with one attached hydrogen (secondary N) is 2. The molecule has 3 rings (SSSR count). The van der Waals surface area contributed by atoms with Gasteiger partial charge in [0.05, 0.1) is 0 Å². The number of rotatable bonds is 3. The van der Waals surface area contributed by atoms with Crippen LogP contribution in [0.2, 0.25) is 0 Å². The molecular weight excluding hydrogens is 344 g/mol. The first kappa shape index (κ1) is 18.1. The summed E-state index contributed by atoms with van der Waals surface area (Å²) in [5.74, 6) is 0. The fraction of sp³-hybridized carbons (Fsp3) is 0.250. The molecule has 0 unspecified atom stereocenters. The number of carbonyl (C=O) groups is 1. The number of nitrogens with zero attached hydrogens (tertiary/aromatic N) is 2. The van der Waals surface area contributed by atoms with Crippen molar-refractivity contribution in [2.75, 3.05) is 10.6 Å². The van der Waals surface area contributed by atoms with E-state index in [1.807, 2.05) is 43.3 Å². The molecule has 0 spiro atoms. The van der Waals surface area contributed by atoms with E-state index in [0.717, 1.165) is 21.8 Å². The molecule has 1 aromatic heterocycles. The van der Waals surface area contributed by atoms with Crippen molar-refractivity contribution in [1.29, 1.82) is 0 Å². The van der Waals surface area contributed by atoms with Crippen LogP contribution in [0.3, 0.4) is 0 Å². The summed E-state index contributed by atoms with van der Waals surface area (Å²) in [4.78, 5) is 12.1. The third-order valence-electron chi connectivity index (χ3n) is 3.95. The van der Waals surface area contributed by atoms with Crippen molar-refractivity contribution in [1.82, 2.24) is 10.2 Å². The van der Waals surface area contributed by atoms with E-state index in [1.54, 1.807) is 0 Å². The summed E-state index contributed by atoms with van der Waals surface area (Å²) in [6.07, 6.45) is 0. The first-order valence-electron chi connectivity index (χ1n) is 8.40. The molecule has 2 aromatic carbocycles. The lowest BCUT2D eigenvalue weighted by atomic mass is 9.87. The minimum absolute atomic E-state index is 0.112. The van der Waals surface area contributed by atoms with Gasteiger partial charge in [0, 0.05) is 11.3 Å². The number of benzene rings is 2. The van der Waals surface area contributed by atoms with Crippen LogP contribution in [0.4, 0.5) is 15.6 Å². The fourth-order valence-electron chi connectivity index (χ4n) is 2.40. The maximum absolute atomic E-state index is 12.1. The van der Waals surface area contributed by atoms with Gasteiger partial charge in [-0.2, -0.15) is 0 Å². The van der Waals surface area contributed by atoms with E-state index in [4.69, 9.17) is 0 Å². The molecule has 1 heterocycles. The Kier molecular flexibility index (Phi) is 5.04. The fourth-order valence-corrected chi connectivity index (χ4v) is 3.14. The van der Waals surface area contributed by atoms with Crippen LogP contribution < -0.4 is 10.6 Å². The molecule has 26 heavy (non-hydrogen) atoms. The Labute approximate surface area is 157 Å². The van der Waals surface area contributed by atoms with E-state index in [-0.39, 0.29) is 11.4 Å². The number of urea groups is 1. The average molecular weight is 366 g/mol. The van der Waals surface area contributed by atoms with E-state index in [0.29, 0.717) is 5.13 Å². The second-order valence-electron chi connectivity index (χ2n) is 7.18. The third-order valence-corrected chi connectivity index (χ3v) is 4.84. The van der Waals surface area contributed by atoms with Crippen molar-refractivity contribution in [3.05, 3.63) is 59.7 Å². The number of carbonyl (C=O) groups excluding carboxylic acids is 1. The Morgan fingerprint density at radius 2 is 1.58 bits per heavy atom. The number of anilines is 2. The maximum Gasteiger partial charge on any atom is 0.325 e. The molecule has 0 saturated heterocycles. The molecule has 0 fully saturated rings. The highest BCUT2D eigenvalue weighted by Crippen LogP contribution is 2.29. The van der Waals surface area contributed by atoms with E-state index in [9.17, 15) is 4.79 Å². The van der Waals surface area contributed by atoms with Gasteiger partial charge in [-0.3, -0.25) is 5.32 Å². The molecule has 0 aliphatic rings. The molecule has 2 N–H and O–H groups in total. The van der Waals surface area contributed by atoms with Gasteiger partial charge in [0.1, 0.15) is 5.01 Å². The standard InChI is InChI=1S/C20H22N4OS/c1-13-5-11-16(12-6-13)21-18(25)22-19-24-23-17(26-19)14-7-9-15(10-8-14)20(2,3)4/h5-12H,1-4H3,(H2,21,22,24,25). The van der Waals surface area contributed by atoms with Gasteiger partial charge in [-0.15, -0.1) is 10.2 Å². The molecule has 0 aliphatic carbocycles. The predicted molar refractivity (Wildman–Crippen MR) is 108 cm³/mol. The largest absolute Gasteiger partial charge is 0.325 e. The molecule has 134 valence electrons. The SMILES string of the molecule is Cc1ccc(NC(=O)Nc2nnc(-c3ccc(C(C)(C)C)cc3)s2)cc1. The third kappa shape index (κ3) is 4.46. The second kappa shape index (κ2) is 7.25. The van der Waals surface area contributed by atoms with Crippen molar-refractivity contribution in [2.24, 2.45) is 0 Å². The monoisotopic (exact) mass is 366 g/mol. The first-order chi connectivity index (χ1) is 12.3. The molecule has 2 amide bonds. The molecule has 0 saturated carbocycles. The summed E-state index contributed by atoms with van der Waals surface area (Å²) in [5.41, 5.74) is 4.24. The highest BCUT2D eigenvalue weighted by Gasteiger charge is 2.14. The highest BCUT2D eigenvalue weighted by atomic mass is 32.1. The maximum atomic E-state index is 12.1. The summed E-state index contributed by atoms with van der Waals surface area (Å²) in [6, 6.07) is 15.6. The minimum Gasteiger partial charge on any atom is -0.308 e. The lowest BCUT2D eigenvalue weighted by Gasteiger charge is -2.18. The smallest absolute Gasteiger partial charge is 0.308 e. The number of hydrogen-bond acceptors (Lipinski definition) is 4. The van der Waals surface area contributed by atoms with Gasteiger partial charge in [-0.05, 0) is 30.0 Å². The topological polar surface area (TPSA) is 66.9 Å². The van der Waals surface area contributed by atoms with Crippen LogP contribution in [0, 0.1) is 6.92 Å². The van der Waals surface area contributed by atoms with Gasteiger partial charge in [0.25, 0.3) is 0 Å². The molecule has 0 aliphatic heterocycles. The van der Waals surface area contributed by atoms with Crippen LogP contribution in [0.15, 0.2) is 48.5 Å². The molecule has 5 nitrogen and oxygen atoms in total. The van der Waals surface area contributed by atoms with E-state index in [1.165, 1.54) is 16.9 Å². The highest BCUT2D eigenvalue weighted by molar-refractivity contribution is 7.18. The van der Waals surface area contributed by atoms with Crippen LogP contribution >= 0.6 is 11.3 Å². The Morgan fingerprint density at radius 3 is 2.19 bits per heavy atom. The summed E-state index contributed by atoms with van der Waals surface area (Å²) in [5, 5.41) is 15.0. The number of aromatic nitrogens is 2. The predicted octanol–water partition coefficient (Wildman–Crippen LogP) is 5.46. The Morgan fingerprint density at radius 1 is 0.923 bits per heavy atom. The molecular formula is C20H22N4OS. The van der Waals surface area contributed by atoms with Crippen molar-refractivity contribution in [2.45, 2.75) is 33.1 Å². The zero-order chi connectivity index (χ0) is 18.7. The van der Waals surface area contributed by atoms with Crippen LogP contribution in [0.25, 0.3) is 10.6 Å². The number of amides is 2. The van der Waals surface area contributed by atoms with E-state index in [2.05, 4.69) is 53.7 Å². The van der Waals surface area contributed by atoms with Crippen LogP contribution in [-0.4, -0.2) is 16.2 Å².